The van der Waals surface area contributed by atoms with E-state index in [1.165, 1.54) is 0 Å². The summed E-state index contributed by atoms with van der Waals surface area (Å²) in [6.45, 7) is 4.56. The highest BCUT2D eigenvalue weighted by molar-refractivity contribution is 4.91. The van der Waals surface area contributed by atoms with Crippen LogP contribution in [-0.2, 0) is 17.7 Å². The molecule has 1 N–H and O–H groups in total. The molecule has 0 bridgehead atoms. The van der Waals surface area contributed by atoms with Crippen molar-refractivity contribution in [2.45, 2.75) is 32.7 Å². The van der Waals surface area contributed by atoms with Crippen molar-refractivity contribution in [1.29, 1.82) is 0 Å². The summed E-state index contributed by atoms with van der Waals surface area (Å²) < 4.78 is 7.06. The van der Waals surface area contributed by atoms with Gasteiger partial charge in [-0.05, 0) is 26.2 Å². The number of aromatic nitrogens is 3. The van der Waals surface area contributed by atoms with Gasteiger partial charge < -0.3 is 9.84 Å². The maximum Gasteiger partial charge on any atom is 0.0828 e. The Morgan fingerprint density at radius 3 is 3.07 bits per heavy atom. The zero-order valence-electron chi connectivity index (χ0n) is 9.22. The number of aliphatic hydroxyl groups is 1. The lowest BCUT2D eigenvalue weighted by Gasteiger charge is -2.00. The highest BCUT2D eigenvalue weighted by Crippen LogP contribution is 1.98. The predicted octanol–water partition coefficient (Wildman–Crippen LogP) is 0.630. The van der Waals surface area contributed by atoms with Crippen LogP contribution in [-0.4, -0.2) is 39.9 Å². The van der Waals surface area contributed by atoms with E-state index in [0.717, 1.165) is 44.7 Å². The van der Waals surface area contributed by atoms with Crippen LogP contribution in [0.1, 0.15) is 25.5 Å². The van der Waals surface area contributed by atoms with Gasteiger partial charge in [-0.25, -0.2) is 0 Å². The molecule has 0 aromatic carbocycles. The highest BCUT2D eigenvalue weighted by atomic mass is 16.5. The average molecular weight is 213 g/mol. The maximum absolute atomic E-state index is 8.66. The van der Waals surface area contributed by atoms with Crippen LogP contribution in [0.15, 0.2) is 6.20 Å². The third-order valence-corrected chi connectivity index (χ3v) is 2.06. The zero-order valence-corrected chi connectivity index (χ0v) is 9.22. The predicted molar refractivity (Wildman–Crippen MR) is 56.5 cm³/mol. The summed E-state index contributed by atoms with van der Waals surface area (Å²) >= 11 is 0. The third-order valence-electron chi connectivity index (χ3n) is 2.06. The van der Waals surface area contributed by atoms with E-state index in [2.05, 4.69) is 10.3 Å². The smallest absolute Gasteiger partial charge is 0.0828 e. The Labute approximate surface area is 90.1 Å². The van der Waals surface area contributed by atoms with E-state index in [4.69, 9.17) is 9.84 Å². The molecule has 0 saturated heterocycles. The van der Waals surface area contributed by atoms with Gasteiger partial charge in [0.2, 0.25) is 0 Å². The number of ether oxygens (including phenoxy) is 1. The quantitative estimate of drug-likeness (QED) is 0.643. The monoisotopic (exact) mass is 213 g/mol. The van der Waals surface area contributed by atoms with Crippen LogP contribution < -0.4 is 0 Å². The van der Waals surface area contributed by atoms with Gasteiger partial charge in [0.05, 0.1) is 5.69 Å². The van der Waals surface area contributed by atoms with Gasteiger partial charge in [-0.15, -0.1) is 5.10 Å². The molecule has 5 nitrogen and oxygen atoms in total. The fraction of sp³-hybridized carbons (Fsp3) is 0.800. The average Bonchev–Trinajstić information content (AvgIpc) is 2.69. The van der Waals surface area contributed by atoms with Crippen LogP contribution in [0, 0.1) is 0 Å². The fourth-order valence-electron chi connectivity index (χ4n) is 1.30. The lowest BCUT2D eigenvalue weighted by Crippen LogP contribution is -2.03. The van der Waals surface area contributed by atoms with Gasteiger partial charge in [0, 0.05) is 32.6 Å². The minimum absolute atomic E-state index is 0.206. The summed E-state index contributed by atoms with van der Waals surface area (Å²) in [6.07, 6.45) is 4.43. The van der Waals surface area contributed by atoms with Crippen molar-refractivity contribution in [2.24, 2.45) is 0 Å². The summed E-state index contributed by atoms with van der Waals surface area (Å²) in [5.74, 6) is 0. The SMILES string of the molecule is CCOCCCn1cc(CCCO)nn1. The van der Waals surface area contributed by atoms with E-state index in [0.29, 0.717) is 0 Å². The molecule has 0 spiro atoms. The van der Waals surface area contributed by atoms with Crippen molar-refractivity contribution in [1.82, 2.24) is 15.0 Å². The Balaban J connectivity index is 2.20. The molecule has 0 amide bonds. The maximum atomic E-state index is 8.66. The van der Waals surface area contributed by atoms with Crippen molar-refractivity contribution >= 4 is 0 Å². The third kappa shape index (κ3) is 4.90. The topological polar surface area (TPSA) is 60.2 Å². The summed E-state index contributed by atoms with van der Waals surface area (Å²) in [4.78, 5) is 0. The van der Waals surface area contributed by atoms with Crippen LogP contribution in [0.2, 0.25) is 0 Å². The molecule has 0 fully saturated rings. The fourth-order valence-corrected chi connectivity index (χ4v) is 1.30. The Hall–Kier alpha value is -0.940. The van der Waals surface area contributed by atoms with Crippen LogP contribution >= 0.6 is 0 Å². The van der Waals surface area contributed by atoms with Crippen LogP contribution in [0.25, 0.3) is 0 Å². The normalized spacial score (nSPS) is 10.8. The van der Waals surface area contributed by atoms with Gasteiger partial charge in [0.15, 0.2) is 0 Å². The summed E-state index contributed by atoms with van der Waals surface area (Å²) in [5.41, 5.74) is 0.945. The number of aryl methyl sites for hydroxylation is 2. The highest BCUT2D eigenvalue weighted by Gasteiger charge is 1.99. The zero-order chi connectivity index (χ0) is 10.9. The minimum Gasteiger partial charge on any atom is -0.396 e. The van der Waals surface area contributed by atoms with Crippen molar-refractivity contribution in [3.8, 4) is 0 Å². The molecular weight excluding hydrogens is 194 g/mol. The molecule has 1 rings (SSSR count). The Morgan fingerprint density at radius 1 is 1.47 bits per heavy atom. The molecule has 5 heteroatoms. The number of aliphatic hydroxyl groups excluding tert-OH is 1. The molecule has 0 saturated carbocycles. The first-order valence-corrected chi connectivity index (χ1v) is 5.44. The number of hydrogen-bond donors (Lipinski definition) is 1. The van der Waals surface area contributed by atoms with E-state index in [-0.39, 0.29) is 6.61 Å². The van der Waals surface area contributed by atoms with Crippen molar-refractivity contribution in [3.63, 3.8) is 0 Å². The van der Waals surface area contributed by atoms with Gasteiger partial charge >= 0.3 is 0 Å². The van der Waals surface area contributed by atoms with E-state index in [9.17, 15) is 0 Å². The molecule has 0 aliphatic heterocycles. The van der Waals surface area contributed by atoms with Gasteiger partial charge in [-0.3, -0.25) is 4.68 Å². The Bertz CT molecular complexity index is 263. The Morgan fingerprint density at radius 2 is 2.33 bits per heavy atom. The first kappa shape index (κ1) is 12.1. The van der Waals surface area contributed by atoms with Gasteiger partial charge in [0.25, 0.3) is 0 Å². The van der Waals surface area contributed by atoms with Crippen LogP contribution in [0.3, 0.4) is 0 Å². The molecular formula is C10H19N3O2. The molecule has 0 unspecified atom stereocenters. The molecule has 0 aliphatic carbocycles. The minimum atomic E-state index is 0.206. The van der Waals surface area contributed by atoms with E-state index in [1.807, 2.05) is 17.8 Å². The number of rotatable bonds is 8. The summed E-state index contributed by atoms with van der Waals surface area (Å²) in [5, 5.41) is 16.7. The molecule has 0 atom stereocenters. The molecule has 86 valence electrons. The molecule has 1 aromatic rings. The molecule has 1 aromatic heterocycles. The van der Waals surface area contributed by atoms with E-state index >= 15 is 0 Å². The second-order valence-corrected chi connectivity index (χ2v) is 3.35. The van der Waals surface area contributed by atoms with Crippen molar-refractivity contribution in [3.05, 3.63) is 11.9 Å². The number of hydrogen-bond acceptors (Lipinski definition) is 4. The van der Waals surface area contributed by atoms with E-state index < -0.39 is 0 Å². The molecule has 1 heterocycles. The van der Waals surface area contributed by atoms with Crippen molar-refractivity contribution < 1.29 is 9.84 Å². The molecule has 0 aliphatic rings. The summed E-state index contributed by atoms with van der Waals surface area (Å²) in [7, 11) is 0. The second-order valence-electron chi connectivity index (χ2n) is 3.35. The van der Waals surface area contributed by atoms with Gasteiger partial charge in [0.1, 0.15) is 0 Å². The largest absolute Gasteiger partial charge is 0.396 e. The molecule has 0 radical (unpaired) electrons. The van der Waals surface area contributed by atoms with Gasteiger partial charge in [-0.2, -0.15) is 0 Å². The lowest BCUT2D eigenvalue weighted by molar-refractivity contribution is 0.140. The van der Waals surface area contributed by atoms with Crippen LogP contribution in [0.4, 0.5) is 0 Å². The first-order valence-electron chi connectivity index (χ1n) is 5.44. The lowest BCUT2D eigenvalue weighted by atomic mass is 10.3. The van der Waals surface area contributed by atoms with E-state index in [1.54, 1.807) is 0 Å². The summed E-state index contributed by atoms with van der Waals surface area (Å²) in [6, 6.07) is 0. The Kier molecular flexibility index (Phi) is 5.96. The first-order chi connectivity index (χ1) is 7.36. The second kappa shape index (κ2) is 7.36. The standard InChI is InChI=1S/C10H19N3O2/c1-2-15-8-4-6-13-9-10(11-12-13)5-3-7-14/h9,14H,2-8H2,1H3. The van der Waals surface area contributed by atoms with Crippen LogP contribution in [0.5, 0.6) is 0 Å². The number of nitrogens with zero attached hydrogens (tertiary/aromatic N) is 3. The molecule has 15 heavy (non-hydrogen) atoms. The van der Waals surface area contributed by atoms with Gasteiger partial charge in [-0.1, -0.05) is 5.21 Å². The van der Waals surface area contributed by atoms with Crippen molar-refractivity contribution in [2.75, 3.05) is 19.8 Å².